The summed E-state index contributed by atoms with van der Waals surface area (Å²) in [5.74, 6) is -1.20. The van der Waals surface area contributed by atoms with Gasteiger partial charge in [0.2, 0.25) is 17.7 Å². The van der Waals surface area contributed by atoms with Gasteiger partial charge in [-0.2, -0.15) is 0 Å². The molecule has 9 nitrogen and oxygen atoms in total. The lowest BCUT2D eigenvalue weighted by Gasteiger charge is -2.32. The minimum absolute atomic E-state index is 0.0990. The summed E-state index contributed by atoms with van der Waals surface area (Å²) >= 11 is 0. The van der Waals surface area contributed by atoms with Crippen molar-refractivity contribution >= 4 is 29.3 Å². The Bertz CT molecular complexity index is 1020. The van der Waals surface area contributed by atoms with Crippen molar-refractivity contribution in [1.82, 2.24) is 14.7 Å². The zero-order valence-corrected chi connectivity index (χ0v) is 18.8. The molecule has 9 heteroatoms. The summed E-state index contributed by atoms with van der Waals surface area (Å²) in [5, 5.41) is 2.73. The summed E-state index contributed by atoms with van der Waals surface area (Å²) in [5.41, 5.74) is 0.782. The van der Waals surface area contributed by atoms with Crippen LogP contribution in [-0.2, 0) is 14.4 Å². The first-order chi connectivity index (χ1) is 15.9. The van der Waals surface area contributed by atoms with Gasteiger partial charge in [0.25, 0.3) is 5.91 Å². The maximum Gasteiger partial charge on any atom is 0.254 e. The molecule has 2 aliphatic carbocycles. The molecule has 3 fully saturated rings. The number of hydrogen-bond donors (Lipinski definition) is 1. The van der Waals surface area contributed by atoms with Gasteiger partial charge in [-0.15, -0.1) is 0 Å². The number of amides is 4. The average Bonchev–Trinajstić information content (AvgIpc) is 3.49. The smallest absolute Gasteiger partial charge is 0.254 e. The zero-order chi connectivity index (χ0) is 23.3. The van der Waals surface area contributed by atoms with Gasteiger partial charge in [-0.1, -0.05) is 12.2 Å². The molecule has 5 rings (SSSR count). The number of likely N-dealkylation sites (N-methyl/N-ethyl adjacent to an activating group) is 1. The number of ether oxygens (including phenoxy) is 1. The predicted molar refractivity (Wildman–Crippen MR) is 119 cm³/mol. The zero-order valence-electron chi connectivity index (χ0n) is 18.8. The maximum atomic E-state index is 12.9. The Morgan fingerprint density at radius 3 is 2.27 bits per heavy atom. The highest BCUT2D eigenvalue weighted by Gasteiger charge is 2.59. The molecule has 4 amide bonds. The summed E-state index contributed by atoms with van der Waals surface area (Å²) in [7, 11) is 3.50. The van der Waals surface area contributed by atoms with E-state index in [0.29, 0.717) is 30.1 Å². The lowest BCUT2D eigenvalue weighted by molar-refractivity contribution is -0.143. The third-order valence-electron chi connectivity index (χ3n) is 7.37. The number of benzene rings is 1. The third kappa shape index (κ3) is 3.70. The fourth-order valence-corrected chi connectivity index (χ4v) is 5.58. The number of rotatable bonds is 5. The lowest BCUT2D eigenvalue weighted by atomic mass is 9.85. The Morgan fingerprint density at radius 1 is 1.03 bits per heavy atom. The summed E-state index contributed by atoms with van der Waals surface area (Å²) in [6.07, 6.45) is 4.89. The lowest BCUT2D eigenvalue weighted by Crippen LogP contribution is -2.47. The molecular formula is C24H28N4O5. The number of nitrogens with zero attached hydrogens (tertiary/aromatic N) is 3. The van der Waals surface area contributed by atoms with Gasteiger partial charge in [0.15, 0.2) is 0 Å². The largest absolute Gasteiger partial charge is 0.495 e. The molecule has 2 heterocycles. The molecule has 0 spiro atoms. The van der Waals surface area contributed by atoms with Crippen LogP contribution in [-0.4, -0.2) is 85.2 Å². The highest BCUT2D eigenvalue weighted by Crippen LogP contribution is 2.52. The van der Waals surface area contributed by atoms with Gasteiger partial charge in [0.05, 0.1) is 24.6 Å². The molecule has 1 aromatic carbocycles. The molecule has 1 aromatic rings. The monoisotopic (exact) mass is 452 g/mol. The van der Waals surface area contributed by atoms with E-state index in [9.17, 15) is 19.2 Å². The molecule has 4 aliphatic rings. The number of piperazine rings is 1. The van der Waals surface area contributed by atoms with Crippen molar-refractivity contribution < 1.29 is 23.9 Å². The molecule has 4 atom stereocenters. The van der Waals surface area contributed by atoms with Crippen molar-refractivity contribution in [2.75, 3.05) is 52.2 Å². The number of nitrogens with one attached hydrogen (secondary N) is 1. The number of imide groups is 1. The van der Waals surface area contributed by atoms with Gasteiger partial charge in [-0.25, -0.2) is 0 Å². The number of carbonyl (C=O) groups excluding carboxylic acids is 4. The van der Waals surface area contributed by atoms with E-state index in [2.05, 4.69) is 10.2 Å². The van der Waals surface area contributed by atoms with E-state index in [1.807, 2.05) is 19.2 Å². The number of methoxy groups -OCH3 is 1. The van der Waals surface area contributed by atoms with Crippen LogP contribution in [0.1, 0.15) is 16.8 Å². The standard InChI is InChI=1S/C24H28N4O5/c1-26-7-9-27(10-8-26)22(30)16-5-6-18(33-2)17(12-16)25-19(29)13-28-23(31)20-14-3-4-15(11-14)21(20)24(28)32/h3-6,12,14-15,20-21H,7-11,13H2,1-2H3,(H,25,29). The quantitative estimate of drug-likeness (QED) is 0.525. The summed E-state index contributed by atoms with van der Waals surface area (Å²) < 4.78 is 5.35. The van der Waals surface area contributed by atoms with Crippen LogP contribution in [0.2, 0.25) is 0 Å². The molecular weight excluding hydrogens is 424 g/mol. The van der Waals surface area contributed by atoms with E-state index in [-0.39, 0.29) is 47.9 Å². The number of hydrogen-bond acceptors (Lipinski definition) is 6. The van der Waals surface area contributed by atoms with Crippen LogP contribution in [0.5, 0.6) is 5.75 Å². The molecule has 2 saturated heterocycles. The topological polar surface area (TPSA) is 99.3 Å². The number of allylic oxidation sites excluding steroid dienone is 2. The normalized spacial score (nSPS) is 28.4. The summed E-state index contributed by atoms with van der Waals surface area (Å²) in [6.45, 7) is 2.55. The van der Waals surface area contributed by atoms with Gasteiger partial charge >= 0.3 is 0 Å². The Labute approximate surface area is 192 Å². The second-order valence-electron chi connectivity index (χ2n) is 9.32. The van der Waals surface area contributed by atoms with Crippen molar-refractivity contribution in [2.24, 2.45) is 23.7 Å². The molecule has 0 radical (unpaired) electrons. The Balaban J connectivity index is 1.28. The first-order valence-electron chi connectivity index (χ1n) is 11.4. The predicted octanol–water partition coefficient (Wildman–Crippen LogP) is 0.828. The highest BCUT2D eigenvalue weighted by molar-refractivity contribution is 6.10. The SMILES string of the molecule is COc1ccc(C(=O)N2CCN(C)CC2)cc1NC(=O)CN1C(=O)C2C3C=CC(C3)C2C1=O. The van der Waals surface area contributed by atoms with Gasteiger partial charge in [-0.05, 0) is 43.5 Å². The fourth-order valence-electron chi connectivity index (χ4n) is 5.58. The minimum Gasteiger partial charge on any atom is -0.495 e. The Morgan fingerprint density at radius 2 is 1.67 bits per heavy atom. The van der Waals surface area contributed by atoms with Crippen molar-refractivity contribution in [3.05, 3.63) is 35.9 Å². The minimum atomic E-state index is -0.500. The van der Waals surface area contributed by atoms with Crippen LogP contribution in [0.3, 0.4) is 0 Å². The van der Waals surface area contributed by atoms with Gasteiger partial charge in [0.1, 0.15) is 12.3 Å². The van der Waals surface area contributed by atoms with Crippen LogP contribution >= 0.6 is 0 Å². The van der Waals surface area contributed by atoms with Gasteiger partial charge < -0.3 is 19.9 Å². The molecule has 33 heavy (non-hydrogen) atoms. The van der Waals surface area contributed by atoms with E-state index in [1.165, 1.54) is 7.11 Å². The highest BCUT2D eigenvalue weighted by atomic mass is 16.5. The van der Waals surface area contributed by atoms with Crippen LogP contribution < -0.4 is 10.1 Å². The van der Waals surface area contributed by atoms with Crippen LogP contribution in [0.15, 0.2) is 30.4 Å². The third-order valence-corrected chi connectivity index (χ3v) is 7.37. The molecule has 4 unspecified atom stereocenters. The fraction of sp³-hybridized carbons (Fsp3) is 0.500. The molecule has 0 aromatic heterocycles. The number of likely N-dealkylation sites (tertiary alicyclic amines) is 1. The van der Waals surface area contributed by atoms with Crippen molar-refractivity contribution in [3.63, 3.8) is 0 Å². The van der Waals surface area contributed by atoms with Crippen LogP contribution in [0.4, 0.5) is 5.69 Å². The second-order valence-corrected chi connectivity index (χ2v) is 9.32. The van der Waals surface area contributed by atoms with E-state index < -0.39 is 5.91 Å². The Kier molecular flexibility index (Phi) is 5.44. The van der Waals surface area contributed by atoms with Crippen molar-refractivity contribution in [1.29, 1.82) is 0 Å². The number of carbonyl (C=O) groups is 4. The summed E-state index contributed by atoms with van der Waals surface area (Å²) in [4.78, 5) is 56.5. The van der Waals surface area contributed by atoms with E-state index in [4.69, 9.17) is 4.74 Å². The van der Waals surface area contributed by atoms with Crippen LogP contribution in [0.25, 0.3) is 0 Å². The van der Waals surface area contributed by atoms with Crippen LogP contribution in [0, 0.1) is 23.7 Å². The average molecular weight is 453 g/mol. The van der Waals surface area contributed by atoms with E-state index in [1.54, 1.807) is 23.1 Å². The first-order valence-corrected chi connectivity index (χ1v) is 11.4. The van der Waals surface area contributed by atoms with Crippen molar-refractivity contribution in [3.8, 4) is 5.75 Å². The van der Waals surface area contributed by atoms with E-state index >= 15 is 0 Å². The van der Waals surface area contributed by atoms with E-state index in [0.717, 1.165) is 24.4 Å². The molecule has 1 N–H and O–H groups in total. The summed E-state index contributed by atoms with van der Waals surface area (Å²) in [6, 6.07) is 4.90. The second kappa shape index (κ2) is 8.30. The Hall–Kier alpha value is -3.20. The van der Waals surface area contributed by atoms with Gasteiger partial charge in [0, 0.05) is 31.7 Å². The van der Waals surface area contributed by atoms with Gasteiger partial charge in [-0.3, -0.25) is 24.1 Å². The molecule has 2 aliphatic heterocycles. The number of anilines is 1. The maximum absolute atomic E-state index is 12.9. The molecule has 174 valence electrons. The molecule has 2 bridgehead atoms. The first kappa shape index (κ1) is 21.6. The van der Waals surface area contributed by atoms with Crippen molar-refractivity contribution in [2.45, 2.75) is 6.42 Å². The number of fused-ring (bicyclic) bond motifs is 5. The molecule has 1 saturated carbocycles.